The largest absolute Gasteiger partial charge is 0.328 e. The minimum Gasteiger partial charge on any atom is -0.328 e. The third-order valence-corrected chi connectivity index (χ3v) is 4.93. The van der Waals surface area contributed by atoms with E-state index in [0.717, 1.165) is 31.2 Å². The monoisotopic (exact) mass is 269 g/mol. The lowest BCUT2D eigenvalue weighted by Gasteiger charge is -2.09. The summed E-state index contributed by atoms with van der Waals surface area (Å²) in [6.45, 7) is 3.75. The number of hydrogen-bond acceptors (Lipinski definition) is 3. The van der Waals surface area contributed by atoms with Gasteiger partial charge in [0.15, 0.2) is 9.84 Å². The number of benzene rings is 1. The third-order valence-electron chi connectivity index (χ3n) is 3.20. The average Bonchev–Trinajstić information content (AvgIpc) is 2.39. The Bertz CT molecular complexity index is 468. The molecule has 0 spiro atoms. The Morgan fingerprint density at radius 3 is 2.61 bits per heavy atom. The van der Waals surface area contributed by atoms with E-state index in [9.17, 15) is 8.42 Å². The highest BCUT2D eigenvalue weighted by Gasteiger charge is 2.11. The summed E-state index contributed by atoms with van der Waals surface area (Å²) in [7, 11) is -3.09. The molecule has 1 atom stereocenters. The standard InChI is InChI=1S/C14H23NO2S/c1-3-13(15)9-5-7-12-8-6-10-14(11-12)18(16,17)4-2/h6,8,10-11,13H,3-5,7,9,15H2,1-2H3. The van der Waals surface area contributed by atoms with Crippen LogP contribution in [0, 0.1) is 0 Å². The molecule has 1 aromatic rings. The number of rotatable bonds is 7. The predicted molar refractivity (Wildman–Crippen MR) is 75.4 cm³/mol. The molecule has 1 rings (SSSR count). The predicted octanol–water partition coefficient (Wildman–Crippen LogP) is 2.54. The second-order valence-corrected chi connectivity index (χ2v) is 6.89. The first-order valence-corrected chi connectivity index (χ1v) is 8.22. The fourth-order valence-corrected chi connectivity index (χ4v) is 2.78. The maximum atomic E-state index is 11.8. The molecule has 1 unspecified atom stereocenters. The van der Waals surface area contributed by atoms with Gasteiger partial charge in [-0.3, -0.25) is 0 Å². The van der Waals surface area contributed by atoms with E-state index in [2.05, 4.69) is 6.92 Å². The van der Waals surface area contributed by atoms with Crippen molar-refractivity contribution in [2.24, 2.45) is 5.73 Å². The summed E-state index contributed by atoms with van der Waals surface area (Å²) in [6, 6.07) is 7.51. The number of sulfone groups is 1. The van der Waals surface area contributed by atoms with Gasteiger partial charge in [0.25, 0.3) is 0 Å². The normalized spacial score (nSPS) is 13.5. The van der Waals surface area contributed by atoms with Crippen molar-refractivity contribution in [2.75, 3.05) is 5.75 Å². The van der Waals surface area contributed by atoms with Crippen molar-refractivity contribution >= 4 is 9.84 Å². The van der Waals surface area contributed by atoms with Crippen molar-refractivity contribution in [1.29, 1.82) is 0 Å². The lowest BCUT2D eigenvalue weighted by atomic mass is 10.0. The zero-order chi connectivity index (χ0) is 13.6. The molecule has 0 fully saturated rings. The van der Waals surface area contributed by atoms with E-state index in [-0.39, 0.29) is 11.8 Å². The lowest BCUT2D eigenvalue weighted by molar-refractivity contribution is 0.567. The van der Waals surface area contributed by atoms with Crippen LogP contribution in [0.2, 0.25) is 0 Å². The van der Waals surface area contributed by atoms with Gasteiger partial charge in [-0.25, -0.2) is 8.42 Å². The molecule has 0 saturated heterocycles. The van der Waals surface area contributed by atoms with E-state index < -0.39 is 9.84 Å². The van der Waals surface area contributed by atoms with Gasteiger partial charge < -0.3 is 5.73 Å². The van der Waals surface area contributed by atoms with Crippen molar-refractivity contribution in [3.63, 3.8) is 0 Å². The molecule has 0 radical (unpaired) electrons. The Kier molecular flexibility index (Phi) is 5.82. The molecule has 0 aliphatic heterocycles. The van der Waals surface area contributed by atoms with Gasteiger partial charge in [0.1, 0.15) is 0 Å². The van der Waals surface area contributed by atoms with Crippen molar-refractivity contribution < 1.29 is 8.42 Å². The summed E-state index contributed by atoms with van der Waals surface area (Å²) in [4.78, 5) is 0.433. The molecule has 1 aromatic carbocycles. The highest BCUT2D eigenvalue weighted by molar-refractivity contribution is 7.91. The van der Waals surface area contributed by atoms with Crippen LogP contribution < -0.4 is 5.73 Å². The fraction of sp³-hybridized carbons (Fsp3) is 0.571. The molecule has 18 heavy (non-hydrogen) atoms. The van der Waals surface area contributed by atoms with Gasteiger partial charge in [0, 0.05) is 6.04 Å². The summed E-state index contributed by atoms with van der Waals surface area (Å²) in [6.07, 6.45) is 3.87. The molecule has 102 valence electrons. The smallest absolute Gasteiger partial charge is 0.178 e. The molecule has 4 heteroatoms. The SMILES string of the molecule is CCC(N)CCCc1cccc(S(=O)(=O)CC)c1. The quantitative estimate of drug-likeness (QED) is 0.827. The first-order valence-electron chi connectivity index (χ1n) is 6.57. The minimum absolute atomic E-state index is 0.150. The molecule has 0 saturated carbocycles. The Morgan fingerprint density at radius 1 is 1.28 bits per heavy atom. The van der Waals surface area contributed by atoms with E-state index in [1.54, 1.807) is 19.1 Å². The molecule has 2 N–H and O–H groups in total. The first kappa shape index (κ1) is 15.2. The van der Waals surface area contributed by atoms with Crippen LogP contribution in [0.1, 0.15) is 38.7 Å². The molecule has 0 aliphatic rings. The summed E-state index contributed by atoms with van der Waals surface area (Å²) < 4.78 is 23.5. The Balaban J connectivity index is 2.66. The van der Waals surface area contributed by atoms with E-state index >= 15 is 0 Å². The van der Waals surface area contributed by atoms with Gasteiger partial charge in [-0.05, 0) is 43.4 Å². The Labute approximate surface area is 110 Å². The zero-order valence-corrected chi connectivity index (χ0v) is 12.0. The van der Waals surface area contributed by atoms with Gasteiger partial charge in [0.2, 0.25) is 0 Å². The van der Waals surface area contributed by atoms with Crippen molar-refractivity contribution in [3.8, 4) is 0 Å². The molecule has 0 amide bonds. The topological polar surface area (TPSA) is 60.2 Å². The van der Waals surface area contributed by atoms with Crippen molar-refractivity contribution in [2.45, 2.75) is 50.5 Å². The molecule has 0 aromatic heterocycles. The average molecular weight is 269 g/mol. The van der Waals surface area contributed by atoms with Gasteiger partial charge in [-0.1, -0.05) is 26.0 Å². The maximum Gasteiger partial charge on any atom is 0.178 e. The van der Waals surface area contributed by atoms with Crippen LogP contribution in [0.5, 0.6) is 0 Å². The van der Waals surface area contributed by atoms with Crippen LogP contribution >= 0.6 is 0 Å². The number of hydrogen-bond donors (Lipinski definition) is 1. The maximum absolute atomic E-state index is 11.8. The summed E-state index contributed by atoms with van der Waals surface area (Å²) in [5.41, 5.74) is 6.94. The molecule has 0 bridgehead atoms. The molecular formula is C14H23NO2S. The van der Waals surface area contributed by atoms with Crippen molar-refractivity contribution in [3.05, 3.63) is 29.8 Å². The molecule has 0 aliphatic carbocycles. The van der Waals surface area contributed by atoms with Crippen LogP contribution in [-0.4, -0.2) is 20.2 Å². The highest BCUT2D eigenvalue weighted by Crippen LogP contribution is 2.15. The van der Waals surface area contributed by atoms with E-state index in [4.69, 9.17) is 5.73 Å². The van der Waals surface area contributed by atoms with E-state index in [0.29, 0.717) is 4.90 Å². The second kappa shape index (κ2) is 6.90. The van der Waals surface area contributed by atoms with Gasteiger partial charge in [0.05, 0.1) is 10.6 Å². The van der Waals surface area contributed by atoms with Crippen LogP contribution in [-0.2, 0) is 16.3 Å². The van der Waals surface area contributed by atoms with Crippen molar-refractivity contribution in [1.82, 2.24) is 0 Å². The first-order chi connectivity index (χ1) is 8.49. The lowest BCUT2D eigenvalue weighted by Crippen LogP contribution is -2.18. The van der Waals surface area contributed by atoms with Crippen LogP contribution in [0.15, 0.2) is 29.2 Å². The summed E-state index contributed by atoms with van der Waals surface area (Å²) >= 11 is 0. The minimum atomic E-state index is -3.09. The Morgan fingerprint density at radius 2 is 2.00 bits per heavy atom. The molecule has 3 nitrogen and oxygen atoms in total. The highest BCUT2D eigenvalue weighted by atomic mass is 32.2. The third kappa shape index (κ3) is 4.42. The van der Waals surface area contributed by atoms with Gasteiger partial charge in [-0.2, -0.15) is 0 Å². The fourth-order valence-electron chi connectivity index (χ4n) is 1.83. The number of aryl methyl sites for hydroxylation is 1. The van der Waals surface area contributed by atoms with Crippen LogP contribution in [0.25, 0.3) is 0 Å². The second-order valence-electron chi connectivity index (χ2n) is 4.61. The Hall–Kier alpha value is -0.870. The van der Waals surface area contributed by atoms with Crippen LogP contribution in [0.3, 0.4) is 0 Å². The molecule has 0 heterocycles. The van der Waals surface area contributed by atoms with Crippen LogP contribution in [0.4, 0.5) is 0 Å². The van der Waals surface area contributed by atoms with E-state index in [1.165, 1.54) is 0 Å². The van der Waals surface area contributed by atoms with E-state index in [1.807, 2.05) is 12.1 Å². The van der Waals surface area contributed by atoms with Gasteiger partial charge >= 0.3 is 0 Å². The summed E-state index contributed by atoms with van der Waals surface area (Å²) in [5.74, 6) is 0.150. The summed E-state index contributed by atoms with van der Waals surface area (Å²) in [5, 5.41) is 0. The number of nitrogens with two attached hydrogens (primary N) is 1. The van der Waals surface area contributed by atoms with Gasteiger partial charge in [-0.15, -0.1) is 0 Å². The zero-order valence-electron chi connectivity index (χ0n) is 11.2. The molecular weight excluding hydrogens is 246 g/mol.